The van der Waals surface area contributed by atoms with Gasteiger partial charge in [0.1, 0.15) is 6.61 Å². The molecule has 0 aromatic rings. The summed E-state index contributed by atoms with van der Waals surface area (Å²) >= 11 is 0. The Balaban J connectivity index is 2.10. The van der Waals surface area contributed by atoms with E-state index in [1.165, 1.54) is 12.8 Å². The highest BCUT2D eigenvalue weighted by Gasteiger charge is 2.21. The lowest BCUT2D eigenvalue weighted by Crippen LogP contribution is -2.34. The number of likely N-dealkylation sites (N-methyl/N-ethyl adjacent to an activating group) is 1. The van der Waals surface area contributed by atoms with Crippen LogP contribution in [0.4, 0.5) is 4.79 Å². The molecule has 0 aromatic heterocycles. The van der Waals surface area contributed by atoms with Crippen LogP contribution in [0.1, 0.15) is 19.8 Å². The molecule has 0 radical (unpaired) electrons. The summed E-state index contributed by atoms with van der Waals surface area (Å²) in [7, 11) is 2.09. The molecule has 0 aliphatic carbocycles. The van der Waals surface area contributed by atoms with Crippen LogP contribution in [0, 0.1) is 0 Å². The molecule has 0 unspecified atom stereocenters. The van der Waals surface area contributed by atoms with Crippen LogP contribution in [0.25, 0.3) is 0 Å². The fourth-order valence-electron chi connectivity index (χ4n) is 1.46. The third kappa shape index (κ3) is 3.54. The first-order valence-electron chi connectivity index (χ1n) is 5.34. The standard InChI is InChI=1S/C10H20N2O2/c1-3-4-5-11(2)6-7-12-8-9-14-10(12)13/h3-9H2,1-2H3. The minimum Gasteiger partial charge on any atom is -0.448 e. The van der Waals surface area contributed by atoms with Crippen molar-refractivity contribution in [1.29, 1.82) is 0 Å². The summed E-state index contributed by atoms with van der Waals surface area (Å²) in [4.78, 5) is 15.1. The van der Waals surface area contributed by atoms with Gasteiger partial charge in [-0.05, 0) is 20.0 Å². The molecule has 1 fully saturated rings. The third-order valence-electron chi connectivity index (χ3n) is 2.49. The predicted molar refractivity (Wildman–Crippen MR) is 55.3 cm³/mol. The van der Waals surface area contributed by atoms with Crippen LogP contribution in [0.3, 0.4) is 0 Å². The number of hydrogen-bond donors (Lipinski definition) is 0. The monoisotopic (exact) mass is 200 g/mol. The van der Waals surface area contributed by atoms with Crippen molar-refractivity contribution in [1.82, 2.24) is 9.80 Å². The van der Waals surface area contributed by atoms with E-state index < -0.39 is 0 Å². The predicted octanol–water partition coefficient (Wildman–Crippen LogP) is 1.17. The number of amides is 1. The lowest BCUT2D eigenvalue weighted by Gasteiger charge is -2.19. The quantitative estimate of drug-likeness (QED) is 0.645. The van der Waals surface area contributed by atoms with Gasteiger partial charge in [-0.25, -0.2) is 4.79 Å². The van der Waals surface area contributed by atoms with Gasteiger partial charge in [0.05, 0.1) is 6.54 Å². The minimum atomic E-state index is -0.158. The number of unbranched alkanes of at least 4 members (excludes halogenated alkanes) is 1. The zero-order chi connectivity index (χ0) is 10.4. The summed E-state index contributed by atoms with van der Waals surface area (Å²) in [6.07, 6.45) is 2.28. The Morgan fingerprint density at radius 1 is 1.50 bits per heavy atom. The second-order valence-electron chi connectivity index (χ2n) is 3.76. The Hall–Kier alpha value is -0.770. The Kier molecular flexibility index (Phi) is 4.73. The Labute approximate surface area is 85.8 Å². The van der Waals surface area contributed by atoms with Crippen molar-refractivity contribution >= 4 is 6.09 Å². The summed E-state index contributed by atoms with van der Waals surface area (Å²) in [6, 6.07) is 0. The molecule has 1 rings (SSSR count). The summed E-state index contributed by atoms with van der Waals surface area (Å²) in [5, 5.41) is 0. The van der Waals surface area contributed by atoms with Crippen LogP contribution in [0.5, 0.6) is 0 Å². The molecule has 0 bridgehead atoms. The molecule has 0 spiro atoms. The van der Waals surface area contributed by atoms with E-state index in [1.807, 2.05) is 0 Å². The molecule has 4 nitrogen and oxygen atoms in total. The van der Waals surface area contributed by atoms with Crippen molar-refractivity contribution in [2.45, 2.75) is 19.8 Å². The van der Waals surface area contributed by atoms with Crippen LogP contribution in [0.15, 0.2) is 0 Å². The van der Waals surface area contributed by atoms with Gasteiger partial charge in [0.2, 0.25) is 0 Å². The molecule has 4 heteroatoms. The van der Waals surface area contributed by atoms with Gasteiger partial charge < -0.3 is 14.5 Å². The maximum absolute atomic E-state index is 11.1. The van der Waals surface area contributed by atoms with Gasteiger partial charge in [-0.1, -0.05) is 13.3 Å². The second kappa shape index (κ2) is 5.86. The molecular formula is C10H20N2O2. The molecule has 0 aromatic carbocycles. The lowest BCUT2D eigenvalue weighted by atomic mass is 10.3. The number of hydrogen-bond acceptors (Lipinski definition) is 3. The van der Waals surface area contributed by atoms with Crippen molar-refractivity contribution in [2.75, 3.05) is 39.8 Å². The molecule has 1 aliphatic rings. The first-order chi connectivity index (χ1) is 6.74. The molecule has 1 amide bonds. The zero-order valence-corrected chi connectivity index (χ0v) is 9.16. The minimum absolute atomic E-state index is 0.158. The Morgan fingerprint density at radius 3 is 2.86 bits per heavy atom. The van der Waals surface area contributed by atoms with E-state index in [-0.39, 0.29) is 6.09 Å². The third-order valence-corrected chi connectivity index (χ3v) is 2.49. The fraction of sp³-hybridized carbons (Fsp3) is 0.900. The average Bonchev–Trinajstić information content (AvgIpc) is 2.58. The average molecular weight is 200 g/mol. The molecule has 0 saturated carbocycles. The van der Waals surface area contributed by atoms with E-state index in [2.05, 4.69) is 18.9 Å². The summed E-state index contributed by atoms with van der Waals surface area (Å²) in [5.41, 5.74) is 0. The van der Waals surface area contributed by atoms with Crippen molar-refractivity contribution in [3.05, 3.63) is 0 Å². The van der Waals surface area contributed by atoms with Crippen LogP contribution >= 0.6 is 0 Å². The SMILES string of the molecule is CCCCN(C)CCN1CCOC1=O. The first kappa shape index (κ1) is 11.3. The number of ether oxygens (including phenoxy) is 1. The fourth-order valence-corrected chi connectivity index (χ4v) is 1.46. The summed E-state index contributed by atoms with van der Waals surface area (Å²) < 4.78 is 4.85. The molecule has 14 heavy (non-hydrogen) atoms. The van der Waals surface area contributed by atoms with Gasteiger partial charge in [-0.15, -0.1) is 0 Å². The number of nitrogens with zero attached hydrogens (tertiary/aromatic N) is 2. The van der Waals surface area contributed by atoms with Crippen LogP contribution in [-0.4, -0.2) is 55.7 Å². The van der Waals surface area contributed by atoms with E-state index in [4.69, 9.17) is 4.74 Å². The number of rotatable bonds is 6. The highest BCUT2D eigenvalue weighted by atomic mass is 16.6. The van der Waals surface area contributed by atoms with E-state index in [0.29, 0.717) is 6.61 Å². The Morgan fingerprint density at radius 2 is 2.29 bits per heavy atom. The molecule has 1 aliphatic heterocycles. The summed E-state index contributed by atoms with van der Waals surface area (Å²) in [5.74, 6) is 0. The van der Waals surface area contributed by atoms with Gasteiger partial charge in [0.25, 0.3) is 0 Å². The number of carbonyl (C=O) groups excluding carboxylic acids is 1. The lowest BCUT2D eigenvalue weighted by molar-refractivity contribution is 0.155. The normalized spacial score (nSPS) is 16.5. The van der Waals surface area contributed by atoms with Crippen molar-refractivity contribution in [3.8, 4) is 0 Å². The smallest absolute Gasteiger partial charge is 0.409 e. The molecule has 1 saturated heterocycles. The molecule has 0 atom stereocenters. The van der Waals surface area contributed by atoms with Gasteiger partial charge in [-0.2, -0.15) is 0 Å². The molecule has 0 N–H and O–H groups in total. The second-order valence-corrected chi connectivity index (χ2v) is 3.76. The maximum Gasteiger partial charge on any atom is 0.409 e. The largest absolute Gasteiger partial charge is 0.448 e. The van der Waals surface area contributed by atoms with Crippen molar-refractivity contribution in [2.24, 2.45) is 0 Å². The van der Waals surface area contributed by atoms with Crippen LogP contribution < -0.4 is 0 Å². The number of cyclic esters (lactones) is 1. The van der Waals surface area contributed by atoms with E-state index >= 15 is 0 Å². The van der Waals surface area contributed by atoms with E-state index in [9.17, 15) is 4.79 Å². The summed E-state index contributed by atoms with van der Waals surface area (Å²) in [6.45, 7) is 6.33. The topological polar surface area (TPSA) is 32.8 Å². The number of carbonyl (C=O) groups is 1. The van der Waals surface area contributed by atoms with Gasteiger partial charge in [0, 0.05) is 13.1 Å². The molecule has 1 heterocycles. The van der Waals surface area contributed by atoms with Crippen LogP contribution in [-0.2, 0) is 4.74 Å². The molecule has 82 valence electrons. The highest BCUT2D eigenvalue weighted by Crippen LogP contribution is 2.02. The van der Waals surface area contributed by atoms with E-state index in [1.54, 1.807) is 4.90 Å². The van der Waals surface area contributed by atoms with E-state index in [0.717, 1.165) is 26.2 Å². The maximum atomic E-state index is 11.1. The highest BCUT2D eigenvalue weighted by molar-refractivity contribution is 5.69. The van der Waals surface area contributed by atoms with Crippen molar-refractivity contribution in [3.63, 3.8) is 0 Å². The first-order valence-corrected chi connectivity index (χ1v) is 5.34. The Bertz CT molecular complexity index is 185. The van der Waals surface area contributed by atoms with Gasteiger partial charge in [-0.3, -0.25) is 0 Å². The van der Waals surface area contributed by atoms with Crippen LogP contribution in [0.2, 0.25) is 0 Å². The van der Waals surface area contributed by atoms with Gasteiger partial charge >= 0.3 is 6.09 Å². The molecular weight excluding hydrogens is 180 g/mol. The van der Waals surface area contributed by atoms with Crippen molar-refractivity contribution < 1.29 is 9.53 Å². The van der Waals surface area contributed by atoms with Gasteiger partial charge in [0.15, 0.2) is 0 Å². The zero-order valence-electron chi connectivity index (χ0n) is 9.16.